The Hall–Kier alpha value is -3.03. The summed E-state index contributed by atoms with van der Waals surface area (Å²) in [5.74, 6) is 0.860. The summed E-state index contributed by atoms with van der Waals surface area (Å²) < 4.78 is 7.00. The number of rotatable bonds is 10. The third-order valence-electron chi connectivity index (χ3n) is 4.85. The molecule has 0 spiro atoms. The zero-order chi connectivity index (χ0) is 22.3. The normalized spacial score (nSPS) is 11.0. The van der Waals surface area contributed by atoms with E-state index in [1.54, 1.807) is 31.2 Å². The van der Waals surface area contributed by atoms with Crippen LogP contribution in [0.25, 0.3) is 0 Å². The number of benzene rings is 1. The van der Waals surface area contributed by atoms with E-state index in [4.69, 9.17) is 10.5 Å². The second-order valence-electron chi connectivity index (χ2n) is 7.60. The molecule has 2 aromatic rings. The molecule has 8 nitrogen and oxygen atoms in total. The third-order valence-corrected chi connectivity index (χ3v) is 4.85. The molecule has 0 radical (unpaired) electrons. The Morgan fingerprint density at radius 1 is 1.20 bits per heavy atom. The van der Waals surface area contributed by atoms with Crippen LogP contribution in [0.5, 0.6) is 5.75 Å². The van der Waals surface area contributed by atoms with Gasteiger partial charge in [-0.25, -0.2) is 4.79 Å². The number of unbranched alkanes of at least 4 members (excludes halogenated alkanes) is 1. The lowest BCUT2D eigenvalue weighted by Gasteiger charge is -2.23. The molecule has 0 aliphatic carbocycles. The van der Waals surface area contributed by atoms with E-state index >= 15 is 0 Å². The van der Waals surface area contributed by atoms with Crippen LogP contribution in [-0.2, 0) is 6.54 Å². The molecular formula is C22H32N4O4. The van der Waals surface area contributed by atoms with Gasteiger partial charge in [-0.3, -0.25) is 19.1 Å². The van der Waals surface area contributed by atoms with E-state index in [0.29, 0.717) is 30.4 Å². The monoisotopic (exact) mass is 416 g/mol. The maximum Gasteiger partial charge on any atom is 0.330 e. The summed E-state index contributed by atoms with van der Waals surface area (Å²) in [6, 6.07) is 6.79. The molecule has 0 unspecified atom stereocenters. The number of hydrogen-bond acceptors (Lipinski definition) is 5. The molecule has 0 saturated carbocycles. The lowest BCUT2D eigenvalue weighted by Crippen LogP contribution is -2.41. The number of amides is 1. The number of aromatic amines is 1. The average molecular weight is 417 g/mol. The molecule has 0 saturated heterocycles. The largest absolute Gasteiger partial charge is 0.494 e. The number of nitrogens with two attached hydrogens (primary N) is 1. The van der Waals surface area contributed by atoms with Crippen molar-refractivity contribution in [1.82, 2.24) is 9.55 Å². The number of carbonyl (C=O) groups excluding carboxylic acids is 1. The molecular weight excluding hydrogens is 384 g/mol. The summed E-state index contributed by atoms with van der Waals surface area (Å²) in [4.78, 5) is 41.3. The van der Waals surface area contributed by atoms with Crippen LogP contribution in [-0.4, -0.2) is 28.6 Å². The van der Waals surface area contributed by atoms with Gasteiger partial charge in [0.2, 0.25) is 0 Å². The van der Waals surface area contributed by atoms with E-state index in [1.807, 2.05) is 6.92 Å². The lowest BCUT2D eigenvalue weighted by molar-refractivity contribution is 0.0988. The molecule has 2 rings (SSSR count). The van der Waals surface area contributed by atoms with Crippen molar-refractivity contribution >= 4 is 17.4 Å². The number of nitrogens with one attached hydrogen (secondary N) is 1. The minimum atomic E-state index is -0.672. The van der Waals surface area contributed by atoms with Crippen LogP contribution in [0.15, 0.2) is 33.9 Å². The van der Waals surface area contributed by atoms with Crippen molar-refractivity contribution in [2.45, 2.75) is 53.5 Å². The van der Waals surface area contributed by atoms with E-state index < -0.39 is 11.2 Å². The van der Waals surface area contributed by atoms with Crippen molar-refractivity contribution in [2.24, 2.45) is 5.92 Å². The van der Waals surface area contributed by atoms with Crippen molar-refractivity contribution < 1.29 is 9.53 Å². The van der Waals surface area contributed by atoms with Gasteiger partial charge in [-0.15, -0.1) is 0 Å². The average Bonchev–Trinajstić information content (AvgIpc) is 2.70. The maximum atomic E-state index is 13.1. The van der Waals surface area contributed by atoms with E-state index in [0.717, 1.165) is 19.3 Å². The predicted molar refractivity (Wildman–Crippen MR) is 119 cm³/mol. The zero-order valence-corrected chi connectivity index (χ0v) is 18.2. The van der Waals surface area contributed by atoms with E-state index in [-0.39, 0.29) is 24.0 Å². The number of carbonyl (C=O) groups is 1. The van der Waals surface area contributed by atoms with Crippen LogP contribution >= 0.6 is 0 Å². The highest BCUT2D eigenvalue weighted by Gasteiger charge is 2.24. The van der Waals surface area contributed by atoms with Gasteiger partial charge in [-0.05, 0) is 49.9 Å². The first kappa shape index (κ1) is 23.3. The first-order valence-electron chi connectivity index (χ1n) is 10.5. The molecule has 1 heterocycles. The molecule has 1 amide bonds. The summed E-state index contributed by atoms with van der Waals surface area (Å²) in [6.07, 6.45) is 2.54. The summed E-state index contributed by atoms with van der Waals surface area (Å²) in [6.45, 7) is 9.21. The molecule has 1 aromatic carbocycles. The van der Waals surface area contributed by atoms with Crippen LogP contribution in [0.4, 0.5) is 11.5 Å². The molecule has 0 atom stereocenters. The zero-order valence-electron chi connectivity index (χ0n) is 18.2. The van der Waals surface area contributed by atoms with Crippen LogP contribution in [0.1, 0.15) is 57.3 Å². The van der Waals surface area contributed by atoms with E-state index in [9.17, 15) is 14.4 Å². The van der Waals surface area contributed by atoms with Gasteiger partial charge in [0.25, 0.3) is 11.5 Å². The molecule has 8 heteroatoms. The Bertz CT molecular complexity index is 961. The quantitative estimate of drug-likeness (QED) is 0.619. The predicted octanol–water partition coefficient (Wildman–Crippen LogP) is 3.01. The lowest BCUT2D eigenvalue weighted by atomic mass is 10.1. The highest BCUT2D eigenvalue weighted by Crippen LogP contribution is 2.21. The minimum absolute atomic E-state index is 0.000962. The smallest absolute Gasteiger partial charge is 0.330 e. The minimum Gasteiger partial charge on any atom is -0.494 e. The van der Waals surface area contributed by atoms with Crippen LogP contribution < -0.4 is 26.6 Å². The fraction of sp³-hybridized carbons (Fsp3) is 0.500. The van der Waals surface area contributed by atoms with Crippen LogP contribution in [0.3, 0.4) is 0 Å². The fourth-order valence-corrected chi connectivity index (χ4v) is 3.04. The Balaban J connectivity index is 2.30. The van der Waals surface area contributed by atoms with Gasteiger partial charge in [0, 0.05) is 18.7 Å². The van der Waals surface area contributed by atoms with Gasteiger partial charge in [0.15, 0.2) is 5.69 Å². The number of hydrogen-bond donors (Lipinski definition) is 2. The van der Waals surface area contributed by atoms with Crippen molar-refractivity contribution in [2.75, 3.05) is 23.8 Å². The number of anilines is 2. The van der Waals surface area contributed by atoms with Crippen LogP contribution in [0, 0.1) is 5.92 Å². The fourth-order valence-electron chi connectivity index (χ4n) is 3.04. The Morgan fingerprint density at radius 2 is 1.87 bits per heavy atom. The number of H-pyrrole nitrogens is 1. The van der Waals surface area contributed by atoms with Crippen molar-refractivity contribution in [3.05, 3.63) is 50.7 Å². The first-order valence-corrected chi connectivity index (χ1v) is 10.5. The highest BCUT2D eigenvalue weighted by atomic mass is 16.5. The molecule has 1 aromatic heterocycles. The SMILES string of the molecule is CCCCn1c(N)c(N(CC)C(=O)c2ccc(OCCC(C)C)cc2)c(=O)[nH]c1=O. The van der Waals surface area contributed by atoms with Gasteiger partial charge in [-0.2, -0.15) is 0 Å². The molecule has 30 heavy (non-hydrogen) atoms. The maximum absolute atomic E-state index is 13.1. The Morgan fingerprint density at radius 3 is 2.43 bits per heavy atom. The number of nitrogen functional groups attached to an aromatic ring is 1. The Labute approximate surface area is 176 Å². The standard InChI is InChI=1S/C22H32N4O4/c1-5-7-13-26-19(23)18(20(27)24-22(26)29)25(6-2)21(28)16-8-10-17(11-9-16)30-14-12-15(3)4/h8-11,15H,5-7,12-14,23H2,1-4H3,(H,24,27,29). The van der Waals surface area contributed by atoms with Gasteiger partial charge < -0.3 is 15.4 Å². The first-order chi connectivity index (χ1) is 14.3. The third kappa shape index (κ3) is 5.52. The second-order valence-corrected chi connectivity index (χ2v) is 7.60. The topological polar surface area (TPSA) is 110 Å². The summed E-state index contributed by atoms with van der Waals surface area (Å²) >= 11 is 0. The molecule has 164 valence electrons. The number of ether oxygens (including phenoxy) is 1. The Kier molecular flexibility index (Phi) is 8.26. The number of nitrogens with zero attached hydrogens (tertiary/aromatic N) is 2. The highest BCUT2D eigenvalue weighted by molar-refractivity contribution is 6.07. The van der Waals surface area contributed by atoms with Gasteiger partial charge in [0.1, 0.15) is 11.6 Å². The number of aromatic nitrogens is 2. The van der Waals surface area contributed by atoms with Crippen LogP contribution in [0.2, 0.25) is 0 Å². The molecule has 0 aliphatic rings. The van der Waals surface area contributed by atoms with E-state index in [1.165, 1.54) is 9.47 Å². The molecule has 0 bridgehead atoms. The van der Waals surface area contributed by atoms with Crippen molar-refractivity contribution in [3.8, 4) is 5.75 Å². The summed E-state index contributed by atoms with van der Waals surface area (Å²) in [5, 5.41) is 0. The summed E-state index contributed by atoms with van der Waals surface area (Å²) in [5.41, 5.74) is 5.31. The molecule has 0 aliphatic heterocycles. The van der Waals surface area contributed by atoms with Gasteiger partial charge in [0.05, 0.1) is 6.61 Å². The van der Waals surface area contributed by atoms with Gasteiger partial charge >= 0.3 is 5.69 Å². The molecule has 3 N–H and O–H groups in total. The molecule has 0 fully saturated rings. The van der Waals surface area contributed by atoms with Crippen molar-refractivity contribution in [3.63, 3.8) is 0 Å². The van der Waals surface area contributed by atoms with Gasteiger partial charge in [-0.1, -0.05) is 27.2 Å². The second kappa shape index (κ2) is 10.7. The summed E-state index contributed by atoms with van der Waals surface area (Å²) in [7, 11) is 0. The van der Waals surface area contributed by atoms with E-state index in [2.05, 4.69) is 18.8 Å². The van der Waals surface area contributed by atoms with Crippen molar-refractivity contribution in [1.29, 1.82) is 0 Å².